The average Bonchev–Trinajstić information content (AvgIpc) is 2.43. The van der Waals surface area contributed by atoms with Gasteiger partial charge in [0.05, 0.1) is 17.9 Å². The van der Waals surface area contributed by atoms with E-state index in [4.69, 9.17) is 9.47 Å². The van der Waals surface area contributed by atoms with E-state index in [-0.39, 0.29) is 23.7 Å². The quantitative estimate of drug-likeness (QED) is 0.729. The Morgan fingerprint density at radius 3 is 2.86 bits per heavy atom. The number of pyridine rings is 1. The first-order valence-electron chi connectivity index (χ1n) is 6.86. The van der Waals surface area contributed by atoms with Crippen molar-refractivity contribution in [2.45, 2.75) is 19.1 Å². The van der Waals surface area contributed by atoms with Crippen LogP contribution in [0.25, 0.3) is 0 Å². The number of amides is 1. The van der Waals surface area contributed by atoms with Crippen molar-refractivity contribution in [2.24, 2.45) is 0 Å². The highest BCUT2D eigenvalue weighted by atomic mass is 16.5. The van der Waals surface area contributed by atoms with E-state index in [2.05, 4.69) is 10.6 Å². The molecule has 2 heterocycles. The third-order valence-electron chi connectivity index (χ3n) is 3.35. The summed E-state index contributed by atoms with van der Waals surface area (Å²) in [5, 5.41) is 5.82. The molecule has 7 heteroatoms. The van der Waals surface area contributed by atoms with Crippen LogP contribution in [0.3, 0.4) is 0 Å². The molecule has 2 rings (SSSR count). The average molecular weight is 295 g/mol. The van der Waals surface area contributed by atoms with Crippen molar-refractivity contribution < 1.29 is 14.3 Å². The summed E-state index contributed by atoms with van der Waals surface area (Å²) in [5.41, 5.74) is 0.180. The van der Waals surface area contributed by atoms with Crippen LogP contribution in [0.5, 0.6) is 0 Å². The third kappa shape index (κ3) is 4.38. The number of nitrogens with one attached hydrogen (secondary N) is 2. The van der Waals surface area contributed by atoms with Gasteiger partial charge in [-0.25, -0.2) is 0 Å². The number of carbonyl (C=O) groups excluding carboxylic acids is 1. The lowest BCUT2D eigenvalue weighted by Crippen LogP contribution is -2.59. The lowest BCUT2D eigenvalue weighted by atomic mass is 10.0. The third-order valence-corrected chi connectivity index (χ3v) is 3.35. The van der Waals surface area contributed by atoms with E-state index in [1.54, 1.807) is 19.4 Å². The standard InChI is InChI=1S/C14H21N3O4/c1-14(9-15-10-14)21-8-12(18)16-11-3-4-13(19)17(7-11)5-6-20-2/h3-4,7,15H,5-6,8-10H2,1-2H3,(H,16,18). The highest BCUT2D eigenvalue weighted by Gasteiger charge is 2.32. The van der Waals surface area contributed by atoms with E-state index in [1.165, 1.54) is 10.6 Å². The lowest BCUT2D eigenvalue weighted by molar-refractivity contribution is -0.130. The van der Waals surface area contributed by atoms with Crippen molar-refractivity contribution in [3.05, 3.63) is 28.7 Å². The second-order valence-corrected chi connectivity index (χ2v) is 5.33. The molecule has 116 valence electrons. The predicted octanol–water partition coefficient (Wildman–Crippen LogP) is -0.188. The van der Waals surface area contributed by atoms with Crippen molar-refractivity contribution in [3.63, 3.8) is 0 Å². The Bertz CT molecular complexity index is 551. The van der Waals surface area contributed by atoms with Crippen LogP contribution in [0.1, 0.15) is 6.92 Å². The minimum absolute atomic E-state index is 0.00459. The fourth-order valence-electron chi connectivity index (χ4n) is 1.99. The maximum Gasteiger partial charge on any atom is 0.250 e. The lowest BCUT2D eigenvalue weighted by Gasteiger charge is -2.38. The van der Waals surface area contributed by atoms with E-state index in [0.29, 0.717) is 18.8 Å². The van der Waals surface area contributed by atoms with Gasteiger partial charge in [-0.2, -0.15) is 0 Å². The molecule has 1 aliphatic rings. The molecule has 1 fully saturated rings. The van der Waals surface area contributed by atoms with Crippen LogP contribution in [-0.2, 0) is 20.8 Å². The van der Waals surface area contributed by atoms with Gasteiger partial charge in [0.1, 0.15) is 6.61 Å². The maximum atomic E-state index is 11.8. The zero-order valence-electron chi connectivity index (χ0n) is 12.3. The Labute approximate surface area is 123 Å². The van der Waals surface area contributed by atoms with Gasteiger partial charge in [-0.3, -0.25) is 9.59 Å². The van der Waals surface area contributed by atoms with Gasteiger partial charge in [-0.15, -0.1) is 0 Å². The molecule has 0 saturated carbocycles. The molecule has 2 N–H and O–H groups in total. The molecule has 7 nitrogen and oxygen atoms in total. The van der Waals surface area contributed by atoms with Crippen molar-refractivity contribution in [1.82, 2.24) is 9.88 Å². The van der Waals surface area contributed by atoms with Gasteiger partial charge in [0, 0.05) is 39.0 Å². The Hall–Kier alpha value is -1.70. The molecule has 0 aromatic carbocycles. The van der Waals surface area contributed by atoms with Gasteiger partial charge < -0.3 is 24.7 Å². The minimum atomic E-state index is -0.255. The number of ether oxygens (including phenoxy) is 2. The van der Waals surface area contributed by atoms with E-state index >= 15 is 0 Å². The molecular formula is C14H21N3O4. The smallest absolute Gasteiger partial charge is 0.250 e. The first kappa shape index (κ1) is 15.7. The normalized spacial score (nSPS) is 16.3. The van der Waals surface area contributed by atoms with Crippen LogP contribution < -0.4 is 16.2 Å². The molecule has 0 radical (unpaired) electrons. The van der Waals surface area contributed by atoms with Gasteiger partial charge in [0.2, 0.25) is 5.91 Å². The van der Waals surface area contributed by atoms with Gasteiger partial charge >= 0.3 is 0 Å². The molecule has 0 unspecified atom stereocenters. The monoisotopic (exact) mass is 295 g/mol. The first-order valence-corrected chi connectivity index (χ1v) is 6.86. The highest BCUT2D eigenvalue weighted by Crippen LogP contribution is 2.15. The maximum absolute atomic E-state index is 11.8. The fourth-order valence-corrected chi connectivity index (χ4v) is 1.99. The summed E-state index contributed by atoms with van der Waals surface area (Å²) in [6.45, 7) is 4.34. The second-order valence-electron chi connectivity index (χ2n) is 5.33. The zero-order valence-corrected chi connectivity index (χ0v) is 12.3. The Morgan fingerprint density at radius 2 is 2.24 bits per heavy atom. The van der Waals surface area contributed by atoms with E-state index < -0.39 is 0 Å². The largest absolute Gasteiger partial charge is 0.383 e. The fraction of sp³-hybridized carbons (Fsp3) is 0.571. The number of hydrogen-bond donors (Lipinski definition) is 2. The molecule has 0 atom stereocenters. The Morgan fingerprint density at radius 1 is 1.48 bits per heavy atom. The molecular weight excluding hydrogens is 274 g/mol. The molecule has 1 aromatic heterocycles. The number of carbonyl (C=O) groups is 1. The summed E-state index contributed by atoms with van der Waals surface area (Å²) < 4.78 is 12.0. The van der Waals surface area contributed by atoms with Crippen molar-refractivity contribution in [1.29, 1.82) is 0 Å². The van der Waals surface area contributed by atoms with Crippen molar-refractivity contribution in [2.75, 3.05) is 38.7 Å². The SMILES string of the molecule is COCCn1cc(NC(=O)COC2(C)CNC2)ccc1=O. The first-order chi connectivity index (χ1) is 10.0. The minimum Gasteiger partial charge on any atom is -0.383 e. The van der Waals surface area contributed by atoms with Crippen LogP contribution in [-0.4, -0.2) is 49.5 Å². The number of hydrogen-bond acceptors (Lipinski definition) is 5. The molecule has 0 aliphatic carbocycles. The van der Waals surface area contributed by atoms with E-state index in [1.807, 2.05) is 6.92 Å². The second kappa shape index (κ2) is 6.84. The predicted molar refractivity (Wildman–Crippen MR) is 78.4 cm³/mol. The number of rotatable bonds is 7. The van der Waals surface area contributed by atoms with Crippen LogP contribution in [0.2, 0.25) is 0 Å². The van der Waals surface area contributed by atoms with Crippen LogP contribution in [0.15, 0.2) is 23.1 Å². The van der Waals surface area contributed by atoms with Gasteiger partial charge in [0.25, 0.3) is 5.56 Å². The molecule has 1 aromatic rings. The number of methoxy groups -OCH3 is 1. The molecule has 0 bridgehead atoms. The van der Waals surface area contributed by atoms with Crippen LogP contribution in [0, 0.1) is 0 Å². The summed E-state index contributed by atoms with van der Waals surface area (Å²) in [4.78, 5) is 23.5. The number of nitrogens with zero attached hydrogens (tertiary/aromatic N) is 1. The molecule has 1 saturated heterocycles. The van der Waals surface area contributed by atoms with Gasteiger partial charge in [-0.05, 0) is 13.0 Å². The highest BCUT2D eigenvalue weighted by molar-refractivity contribution is 5.91. The molecule has 0 spiro atoms. The molecule has 21 heavy (non-hydrogen) atoms. The molecule has 1 aliphatic heterocycles. The molecule has 1 amide bonds. The Kier molecular flexibility index (Phi) is 5.11. The summed E-state index contributed by atoms with van der Waals surface area (Å²) >= 11 is 0. The van der Waals surface area contributed by atoms with Gasteiger partial charge in [-0.1, -0.05) is 0 Å². The summed E-state index contributed by atoms with van der Waals surface area (Å²) in [7, 11) is 1.57. The Balaban J connectivity index is 1.89. The van der Waals surface area contributed by atoms with Crippen LogP contribution >= 0.6 is 0 Å². The zero-order chi connectivity index (χ0) is 15.3. The summed E-state index contributed by atoms with van der Waals surface area (Å²) in [6, 6.07) is 3.00. The topological polar surface area (TPSA) is 81.6 Å². The van der Waals surface area contributed by atoms with Crippen LogP contribution in [0.4, 0.5) is 5.69 Å². The van der Waals surface area contributed by atoms with E-state index in [0.717, 1.165) is 13.1 Å². The number of anilines is 1. The summed E-state index contributed by atoms with van der Waals surface area (Å²) in [6.07, 6.45) is 1.60. The van der Waals surface area contributed by atoms with E-state index in [9.17, 15) is 9.59 Å². The van der Waals surface area contributed by atoms with Crippen molar-refractivity contribution in [3.8, 4) is 0 Å². The number of aromatic nitrogens is 1. The van der Waals surface area contributed by atoms with Crippen molar-refractivity contribution >= 4 is 11.6 Å². The van der Waals surface area contributed by atoms with Gasteiger partial charge in [0.15, 0.2) is 0 Å². The summed E-state index contributed by atoms with van der Waals surface area (Å²) in [5.74, 6) is -0.236.